The van der Waals surface area contributed by atoms with Gasteiger partial charge in [-0.15, -0.1) is 0 Å². The van der Waals surface area contributed by atoms with E-state index < -0.39 is 0 Å². The zero-order chi connectivity index (χ0) is 25.4. The van der Waals surface area contributed by atoms with E-state index >= 15 is 0 Å². The van der Waals surface area contributed by atoms with E-state index in [1.54, 1.807) is 18.2 Å². The molecule has 180 valence electrons. The fourth-order valence-electron chi connectivity index (χ4n) is 4.39. The van der Waals surface area contributed by atoms with Gasteiger partial charge in [0.05, 0.1) is 11.4 Å². The Kier molecular flexibility index (Phi) is 6.35. The second-order valence-corrected chi connectivity index (χ2v) is 9.04. The summed E-state index contributed by atoms with van der Waals surface area (Å²) in [6.07, 6.45) is 0. The van der Waals surface area contributed by atoms with Crippen molar-refractivity contribution in [3.63, 3.8) is 0 Å². The fourth-order valence-corrected chi connectivity index (χ4v) is 4.39. The predicted molar refractivity (Wildman–Crippen MR) is 141 cm³/mol. The molecule has 0 saturated heterocycles. The molecule has 4 aromatic rings. The quantitative estimate of drug-likeness (QED) is 0.277. The van der Waals surface area contributed by atoms with Gasteiger partial charge in [-0.3, -0.25) is 0 Å². The van der Waals surface area contributed by atoms with E-state index in [4.69, 9.17) is 4.74 Å². The van der Waals surface area contributed by atoms with Gasteiger partial charge >= 0.3 is 0 Å². The first kappa shape index (κ1) is 24.0. The number of nitrogens with zero attached hydrogens (tertiary/aromatic N) is 1. The number of rotatable bonds is 5. The second kappa shape index (κ2) is 9.26. The normalized spacial score (nSPS) is 10.9. The molecule has 3 N–H and O–H groups in total. The molecule has 0 atom stereocenters. The molecule has 0 spiro atoms. The van der Waals surface area contributed by atoms with Crippen molar-refractivity contribution in [2.45, 2.75) is 41.5 Å². The number of ether oxygens (including phenoxy) is 1. The van der Waals surface area contributed by atoms with Gasteiger partial charge in [0.15, 0.2) is 11.5 Å². The Morgan fingerprint density at radius 3 is 1.49 bits per heavy atom. The molecule has 0 radical (unpaired) electrons. The summed E-state index contributed by atoms with van der Waals surface area (Å²) in [5.74, 6) is 1.53. The number of hydrogen-bond acceptors (Lipinski definition) is 5. The van der Waals surface area contributed by atoms with E-state index in [-0.39, 0.29) is 17.2 Å². The van der Waals surface area contributed by atoms with Gasteiger partial charge in [-0.25, -0.2) is 0 Å². The van der Waals surface area contributed by atoms with Gasteiger partial charge in [0.2, 0.25) is 0 Å². The lowest BCUT2D eigenvalue weighted by Gasteiger charge is -2.31. The lowest BCUT2D eigenvalue weighted by atomic mass is 10.0. The van der Waals surface area contributed by atoms with Crippen molar-refractivity contribution in [2.75, 3.05) is 4.90 Å². The highest BCUT2D eigenvalue weighted by Crippen LogP contribution is 2.46. The van der Waals surface area contributed by atoms with Gasteiger partial charge in [0.25, 0.3) is 0 Å². The van der Waals surface area contributed by atoms with Crippen LogP contribution in [0, 0.1) is 41.5 Å². The van der Waals surface area contributed by atoms with Crippen LogP contribution in [0.15, 0.2) is 60.7 Å². The molecule has 0 fully saturated rings. The van der Waals surface area contributed by atoms with E-state index in [1.165, 1.54) is 0 Å². The maximum absolute atomic E-state index is 10.5. The van der Waals surface area contributed by atoms with Crippen molar-refractivity contribution in [2.24, 2.45) is 0 Å². The van der Waals surface area contributed by atoms with E-state index in [0.717, 1.165) is 50.4 Å². The van der Waals surface area contributed by atoms with Crippen LogP contribution >= 0.6 is 0 Å². The molecular formula is C30H31NO4. The van der Waals surface area contributed by atoms with Crippen molar-refractivity contribution < 1.29 is 20.1 Å². The Morgan fingerprint density at radius 2 is 0.971 bits per heavy atom. The average molecular weight is 470 g/mol. The number of phenolic OH excluding ortho intramolecular Hbond substituents is 3. The summed E-state index contributed by atoms with van der Waals surface area (Å²) in [6.45, 7) is 11.7. The lowest BCUT2D eigenvalue weighted by molar-refractivity contribution is 0.408. The van der Waals surface area contributed by atoms with Gasteiger partial charge < -0.3 is 25.0 Å². The molecule has 0 heterocycles. The third kappa shape index (κ3) is 4.37. The molecular weight excluding hydrogens is 438 g/mol. The van der Waals surface area contributed by atoms with Crippen LogP contribution in [0.1, 0.15) is 33.4 Å². The molecule has 4 aromatic carbocycles. The molecule has 5 heteroatoms. The van der Waals surface area contributed by atoms with Crippen LogP contribution in [-0.4, -0.2) is 15.3 Å². The van der Waals surface area contributed by atoms with E-state index in [9.17, 15) is 15.3 Å². The molecule has 5 nitrogen and oxygen atoms in total. The zero-order valence-corrected chi connectivity index (χ0v) is 21.0. The van der Waals surface area contributed by atoms with Crippen molar-refractivity contribution in [3.05, 3.63) is 94.0 Å². The molecule has 35 heavy (non-hydrogen) atoms. The largest absolute Gasteiger partial charge is 0.508 e. The van der Waals surface area contributed by atoms with E-state index in [2.05, 4.69) is 4.90 Å². The Morgan fingerprint density at radius 1 is 0.514 bits per heavy atom. The molecule has 4 rings (SSSR count). The Labute approximate surface area is 206 Å². The summed E-state index contributed by atoms with van der Waals surface area (Å²) in [5.41, 5.74) is 7.92. The first-order valence-corrected chi connectivity index (χ1v) is 11.6. The minimum Gasteiger partial charge on any atom is -0.508 e. The van der Waals surface area contributed by atoms with Crippen LogP contribution in [0.25, 0.3) is 0 Å². The zero-order valence-electron chi connectivity index (χ0n) is 21.0. The summed E-state index contributed by atoms with van der Waals surface area (Å²) < 4.78 is 6.05. The molecule has 0 aliphatic heterocycles. The minimum absolute atomic E-state index is 0.0934. The van der Waals surface area contributed by atoms with Crippen molar-refractivity contribution in [3.8, 4) is 28.7 Å². The van der Waals surface area contributed by atoms with Crippen LogP contribution in [0.4, 0.5) is 17.1 Å². The van der Waals surface area contributed by atoms with Crippen molar-refractivity contribution in [1.29, 1.82) is 0 Å². The average Bonchev–Trinajstić information content (AvgIpc) is 2.84. The van der Waals surface area contributed by atoms with Gasteiger partial charge in [0.1, 0.15) is 17.2 Å². The molecule has 0 saturated carbocycles. The van der Waals surface area contributed by atoms with Crippen LogP contribution < -0.4 is 9.64 Å². The summed E-state index contributed by atoms with van der Waals surface area (Å²) in [5, 5.41) is 31.4. The highest BCUT2D eigenvalue weighted by Gasteiger charge is 2.23. The summed E-state index contributed by atoms with van der Waals surface area (Å²) in [7, 11) is 0. The Hall–Kier alpha value is -4.12. The first-order chi connectivity index (χ1) is 16.6. The number of hydrogen-bond donors (Lipinski definition) is 3. The maximum Gasteiger partial charge on any atom is 0.172 e. The lowest BCUT2D eigenvalue weighted by Crippen LogP contribution is -2.15. The summed E-state index contributed by atoms with van der Waals surface area (Å²) in [6, 6.07) is 18.2. The van der Waals surface area contributed by atoms with E-state index in [0.29, 0.717) is 11.5 Å². The van der Waals surface area contributed by atoms with Gasteiger partial charge in [-0.1, -0.05) is 18.2 Å². The third-order valence-corrected chi connectivity index (χ3v) is 6.63. The molecule has 0 aromatic heterocycles. The monoisotopic (exact) mass is 469 g/mol. The highest BCUT2D eigenvalue weighted by molar-refractivity contribution is 5.85. The summed E-state index contributed by atoms with van der Waals surface area (Å²) >= 11 is 0. The van der Waals surface area contributed by atoms with Crippen molar-refractivity contribution in [1.82, 2.24) is 0 Å². The van der Waals surface area contributed by atoms with Crippen molar-refractivity contribution >= 4 is 17.1 Å². The van der Waals surface area contributed by atoms with Crippen LogP contribution in [-0.2, 0) is 0 Å². The SMILES string of the molecule is Cc1ccc(O)c(Oc2ccc(N(c3c(C)ccc(O)c3C)c3c(C)ccc(O)c3C)cc2)c1C. The summed E-state index contributed by atoms with van der Waals surface area (Å²) in [4.78, 5) is 2.06. The molecule has 0 bridgehead atoms. The first-order valence-electron chi connectivity index (χ1n) is 11.6. The molecule has 0 unspecified atom stereocenters. The number of aryl methyl sites for hydroxylation is 3. The standard InChI is InChI=1S/C30H31NO4/c1-17-7-16-27(34)30(20(17)4)35-24-12-10-23(11-13-24)31(28-18(2)8-14-25(32)21(28)5)29-19(3)9-15-26(33)22(29)6/h7-16,32-34H,1-6H3. The van der Waals surface area contributed by atoms with Gasteiger partial charge in [0, 0.05) is 16.8 Å². The van der Waals surface area contributed by atoms with E-state index in [1.807, 2.05) is 84.0 Å². The van der Waals surface area contributed by atoms with Gasteiger partial charge in [-0.05, 0) is 106 Å². The molecule has 0 aliphatic carbocycles. The molecule has 0 aliphatic rings. The number of aromatic hydroxyl groups is 3. The number of phenols is 3. The minimum atomic E-state index is 0.0934. The highest BCUT2D eigenvalue weighted by atomic mass is 16.5. The predicted octanol–water partition coefficient (Wildman–Crippen LogP) is 7.92. The molecule has 0 amide bonds. The fraction of sp³-hybridized carbons (Fsp3) is 0.200. The van der Waals surface area contributed by atoms with Crippen LogP contribution in [0.3, 0.4) is 0 Å². The smallest absolute Gasteiger partial charge is 0.172 e. The third-order valence-electron chi connectivity index (χ3n) is 6.63. The Balaban J connectivity index is 1.86. The van der Waals surface area contributed by atoms with Crippen LogP contribution in [0.5, 0.6) is 28.7 Å². The number of anilines is 3. The van der Waals surface area contributed by atoms with Gasteiger partial charge in [-0.2, -0.15) is 0 Å². The maximum atomic E-state index is 10.5. The second-order valence-electron chi connectivity index (χ2n) is 9.04. The number of benzene rings is 4. The Bertz CT molecular complexity index is 1350. The van der Waals surface area contributed by atoms with Crippen LogP contribution in [0.2, 0.25) is 0 Å². The topological polar surface area (TPSA) is 73.2 Å².